The Morgan fingerprint density at radius 1 is 1.20 bits per heavy atom. The molecular weight excluding hydrogens is 290 g/mol. The van der Waals surface area contributed by atoms with Crippen LogP contribution in [0.2, 0.25) is 0 Å². The number of methoxy groups -OCH3 is 1. The first-order valence-corrected chi connectivity index (χ1v) is 8.26. The molecule has 0 radical (unpaired) electrons. The molecule has 0 saturated heterocycles. The molecule has 1 aromatic heterocycles. The van der Waals surface area contributed by atoms with E-state index in [0.29, 0.717) is 10.1 Å². The van der Waals surface area contributed by atoms with Crippen LogP contribution in [0.1, 0.15) is 5.56 Å². The van der Waals surface area contributed by atoms with E-state index in [4.69, 9.17) is 4.74 Å². The van der Waals surface area contributed by atoms with Gasteiger partial charge >= 0.3 is 0 Å². The molecule has 0 amide bonds. The summed E-state index contributed by atoms with van der Waals surface area (Å²) in [5.74, 6) is 1.24. The molecule has 5 heteroatoms. The number of benzene rings is 2. The molecule has 1 heterocycles. The Balaban J connectivity index is 1.85. The molecule has 0 aliphatic rings. The van der Waals surface area contributed by atoms with Crippen molar-refractivity contribution in [3.05, 3.63) is 54.1 Å². The summed E-state index contributed by atoms with van der Waals surface area (Å²) in [5.41, 5.74) is 1.90. The Hall–Kier alpha value is -1.72. The molecule has 3 aromatic rings. The van der Waals surface area contributed by atoms with Crippen LogP contribution in [0.5, 0.6) is 5.75 Å². The lowest BCUT2D eigenvalue weighted by Gasteiger charge is -2.03. The quantitative estimate of drug-likeness (QED) is 0.739. The molecule has 20 heavy (non-hydrogen) atoms. The van der Waals surface area contributed by atoms with Crippen LogP contribution in [0, 0.1) is 0 Å². The SMILES string of the molecule is COc1cccc(C[S@](=O)c2nc3ccccc3s2)c1. The minimum Gasteiger partial charge on any atom is -0.497 e. The van der Waals surface area contributed by atoms with Gasteiger partial charge in [-0.05, 0) is 29.8 Å². The van der Waals surface area contributed by atoms with Gasteiger partial charge in [-0.25, -0.2) is 4.98 Å². The van der Waals surface area contributed by atoms with Gasteiger partial charge in [0.25, 0.3) is 0 Å². The van der Waals surface area contributed by atoms with Crippen LogP contribution in [0.4, 0.5) is 0 Å². The average molecular weight is 303 g/mol. The van der Waals surface area contributed by atoms with E-state index in [-0.39, 0.29) is 0 Å². The standard InChI is InChI=1S/C15H13NO2S2/c1-18-12-6-4-5-11(9-12)10-20(17)15-16-13-7-2-3-8-14(13)19-15/h2-9H,10H2,1H3/t20-/m0/s1. The second-order valence-corrected chi connectivity index (χ2v) is 6.94. The van der Waals surface area contributed by atoms with Crippen LogP contribution >= 0.6 is 11.3 Å². The highest BCUT2D eigenvalue weighted by atomic mass is 32.2. The highest BCUT2D eigenvalue weighted by Gasteiger charge is 2.11. The first-order chi connectivity index (χ1) is 9.76. The Morgan fingerprint density at radius 3 is 2.85 bits per heavy atom. The molecule has 0 spiro atoms. The van der Waals surface area contributed by atoms with Crippen molar-refractivity contribution in [2.45, 2.75) is 10.1 Å². The molecule has 0 unspecified atom stereocenters. The third-order valence-electron chi connectivity index (χ3n) is 2.90. The van der Waals surface area contributed by atoms with E-state index in [2.05, 4.69) is 4.98 Å². The van der Waals surface area contributed by atoms with Gasteiger partial charge in [-0.2, -0.15) is 0 Å². The summed E-state index contributed by atoms with van der Waals surface area (Å²) >= 11 is 1.49. The fourth-order valence-electron chi connectivity index (χ4n) is 1.92. The highest BCUT2D eigenvalue weighted by Crippen LogP contribution is 2.25. The Kier molecular flexibility index (Phi) is 3.80. The lowest BCUT2D eigenvalue weighted by atomic mass is 10.2. The van der Waals surface area contributed by atoms with E-state index in [0.717, 1.165) is 21.5 Å². The molecule has 0 saturated carbocycles. The van der Waals surface area contributed by atoms with Crippen molar-refractivity contribution in [1.29, 1.82) is 0 Å². The summed E-state index contributed by atoms with van der Waals surface area (Å²) in [4.78, 5) is 4.44. The maximum atomic E-state index is 12.4. The Bertz CT molecular complexity index is 734. The Labute approximate surface area is 123 Å². The van der Waals surface area contributed by atoms with E-state index in [1.807, 2.05) is 48.5 Å². The van der Waals surface area contributed by atoms with Crippen LogP contribution < -0.4 is 4.74 Å². The van der Waals surface area contributed by atoms with Gasteiger partial charge in [0.1, 0.15) is 5.75 Å². The summed E-state index contributed by atoms with van der Waals surface area (Å²) in [6.07, 6.45) is 0. The molecule has 102 valence electrons. The Morgan fingerprint density at radius 2 is 2.05 bits per heavy atom. The van der Waals surface area contributed by atoms with E-state index in [1.54, 1.807) is 7.11 Å². The predicted octanol–water partition coefficient (Wildman–Crippen LogP) is 3.61. The van der Waals surface area contributed by atoms with E-state index in [1.165, 1.54) is 11.3 Å². The van der Waals surface area contributed by atoms with Gasteiger partial charge in [-0.1, -0.05) is 24.3 Å². The maximum Gasteiger partial charge on any atom is 0.182 e. The van der Waals surface area contributed by atoms with Crippen molar-refractivity contribution in [2.24, 2.45) is 0 Å². The summed E-state index contributed by atoms with van der Waals surface area (Å²) in [6.45, 7) is 0. The molecule has 0 N–H and O–H groups in total. The van der Waals surface area contributed by atoms with Crippen LogP contribution in [-0.2, 0) is 16.6 Å². The van der Waals surface area contributed by atoms with Gasteiger partial charge in [0.15, 0.2) is 4.34 Å². The fourth-order valence-corrected chi connectivity index (χ4v) is 4.24. The number of hydrogen-bond donors (Lipinski definition) is 0. The number of ether oxygens (including phenoxy) is 1. The minimum atomic E-state index is -1.13. The van der Waals surface area contributed by atoms with Crippen molar-refractivity contribution >= 4 is 32.4 Å². The number of fused-ring (bicyclic) bond motifs is 1. The van der Waals surface area contributed by atoms with Crippen molar-refractivity contribution in [2.75, 3.05) is 7.11 Å². The maximum absolute atomic E-state index is 12.4. The van der Waals surface area contributed by atoms with Crippen LogP contribution in [0.25, 0.3) is 10.2 Å². The highest BCUT2D eigenvalue weighted by molar-refractivity contribution is 7.86. The topological polar surface area (TPSA) is 39.2 Å². The van der Waals surface area contributed by atoms with Crippen molar-refractivity contribution in [1.82, 2.24) is 4.98 Å². The van der Waals surface area contributed by atoms with Crippen molar-refractivity contribution in [3.8, 4) is 5.75 Å². The van der Waals surface area contributed by atoms with E-state index >= 15 is 0 Å². The number of thiazole rings is 1. The third-order valence-corrected chi connectivity index (χ3v) is 5.62. The average Bonchev–Trinajstić information content (AvgIpc) is 2.91. The van der Waals surface area contributed by atoms with E-state index in [9.17, 15) is 4.21 Å². The summed E-state index contributed by atoms with van der Waals surface area (Å²) in [7, 11) is 0.503. The van der Waals surface area contributed by atoms with Crippen molar-refractivity contribution < 1.29 is 8.95 Å². The molecule has 2 aromatic carbocycles. The number of aromatic nitrogens is 1. The van der Waals surface area contributed by atoms with Gasteiger partial charge in [-0.15, -0.1) is 11.3 Å². The van der Waals surface area contributed by atoms with Gasteiger partial charge in [0.05, 0.1) is 33.9 Å². The van der Waals surface area contributed by atoms with Crippen LogP contribution in [0.3, 0.4) is 0 Å². The molecule has 0 aliphatic carbocycles. The lowest BCUT2D eigenvalue weighted by molar-refractivity contribution is 0.414. The van der Waals surface area contributed by atoms with Crippen LogP contribution in [0.15, 0.2) is 52.9 Å². The molecule has 0 bridgehead atoms. The van der Waals surface area contributed by atoms with E-state index < -0.39 is 10.8 Å². The summed E-state index contributed by atoms with van der Waals surface area (Å²) in [5, 5.41) is 0. The minimum absolute atomic E-state index is 0.455. The first kappa shape index (κ1) is 13.3. The smallest absolute Gasteiger partial charge is 0.182 e. The van der Waals surface area contributed by atoms with Gasteiger partial charge in [-0.3, -0.25) is 4.21 Å². The summed E-state index contributed by atoms with van der Waals surface area (Å²) < 4.78 is 19.3. The van der Waals surface area contributed by atoms with Crippen LogP contribution in [-0.4, -0.2) is 16.3 Å². The summed E-state index contributed by atoms with van der Waals surface area (Å²) in [6, 6.07) is 15.5. The molecule has 3 nitrogen and oxygen atoms in total. The fraction of sp³-hybridized carbons (Fsp3) is 0.133. The lowest BCUT2D eigenvalue weighted by Crippen LogP contribution is -1.96. The molecular formula is C15H13NO2S2. The number of para-hydroxylation sites is 1. The third kappa shape index (κ3) is 2.73. The number of rotatable bonds is 4. The number of nitrogens with zero attached hydrogens (tertiary/aromatic N) is 1. The van der Waals surface area contributed by atoms with Gasteiger partial charge in [0.2, 0.25) is 0 Å². The largest absolute Gasteiger partial charge is 0.497 e. The number of hydrogen-bond acceptors (Lipinski definition) is 4. The predicted molar refractivity (Wildman–Crippen MR) is 82.7 cm³/mol. The van der Waals surface area contributed by atoms with Crippen molar-refractivity contribution in [3.63, 3.8) is 0 Å². The second kappa shape index (κ2) is 5.73. The zero-order valence-corrected chi connectivity index (χ0v) is 12.5. The zero-order chi connectivity index (χ0) is 13.9. The molecule has 3 rings (SSSR count). The molecule has 0 fully saturated rings. The normalized spacial score (nSPS) is 12.4. The zero-order valence-electron chi connectivity index (χ0n) is 10.9. The first-order valence-electron chi connectivity index (χ1n) is 6.13. The molecule has 0 aliphatic heterocycles. The second-order valence-electron chi connectivity index (χ2n) is 4.29. The van der Waals surface area contributed by atoms with Gasteiger partial charge < -0.3 is 4.74 Å². The monoisotopic (exact) mass is 303 g/mol. The molecule has 1 atom stereocenters. The van der Waals surface area contributed by atoms with Gasteiger partial charge in [0, 0.05) is 0 Å².